The summed E-state index contributed by atoms with van der Waals surface area (Å²) in [5.74, 6) is -4.04. The minimum Gasteiger partial charge on any atom is -0.493 e. The minimum atomic E-state index is -2.22. The molecule has 0 aliphatic carbocycles. The molecule has 0 spiro atoms. The number of terminal acetylenes is 1. The van der Waals surface area contributed by atoms with Crippen LogP contribution >= 0.6 is 0 Å². The third kappa shape index (κ3) is 4.49. The van der Waals surface area contributed by atoms with Gasteiger partial charge in [0.05, 0.1) is 25.4 Å². The summed E-state index contributed by atoms with van der Waals surface area (Å²) in [5, 5.41) is 22.7. The molecule has 2 saturated heterocycles. The highest BCUT2D eigenvalue weighted by Gasteiger charge is 2.69. The number of imide groups is 1. The fraction of sp³-hybridized carbons (Fsp3) is 0.333. The number of rotatable bonds is 10. The molecule has 10 heteroatoms. The van der Waals surface area contributed by atoms with Crippen LogP contribution in [0.3, 0.4) is 0 Å². The lowest BCUT2D eigenvalue weighted by molar-refractivity contribution is -0.155. The van der Waals surface area contributed by atoms with Gasteiger partial charge in [-0.05, 0) is 11.6 Å². The van der Waals surface area contributed by atoms with Crippen molar-refractivity contribution in [2.24, 2.45) is 11.8 Å². The van der Waals surface area contributed by atoms with Crippen molar-refractivity contribution in [3.8, 4) is 23.8 Å². The van der Waals surface area contributed by atoms with Crippen LogP contribution in [0.4, 0.5) is 0 Å². The van der Waals surface area contributed by atoms with Gasteiger partial charge in [-0.2, -0.15) is 0 Å². The van der Waals surface area contributed by atoms with Gasteiger partial charge in [-0.1, -0.05) is 42.5 Å². The number of carbonyl (C=O) groups is 4. The summed E-state index contributed by atoms with van der Waals surface area (Å²) in [4.78, 5) is 52.2. The molecule has 0 aromatic heterocycles. The molecule has 2 amide bonds. The summed E-state index contributed by atoms with van der Waals surface area (Å²) >= 11 is 0. The van der Waals surface area contributed by atoms with E-state index in [1.165, 1.54) is 7.11 Å². The number of hydrogen-bond acceptors (Lipinski definition) is 7. The fourth-order valence-corrected chi connectivity index (χ4v) is 5.22. The molecule has 2 aliphatic rings. The van der Waals surface area contributed by atoms with Gasteiger partial charge >= 0.3 is 11.9 Å². The lowest BCUT2D eigenvalue weighted by Crippen LogP contribution is -2.57. The Hall–Kier alpha value is -4.36. The van der Waals surface area contributed by atoms with E-state index >= 15 is 0 Å². The Balaban J connectivity index is 1.82. The van der Waals surface area contributed by atoms with Crippen LogP contribution in [0.15, 0.2) is 48.5 Å². The first-order valence-electron chi connectivity index (χ1n) is 11.6. The smallest absolute Gasteiger partial charge is 0.325 e. The highest BCUT2D eigenvalue weighted by Crippen LogP contribution is 2.52. The Morgan fingerprint density at radius 1 is 1.11 bits per heavy atom. The minimum absolute atomic E-state index is 0.0820. The van der Waals surface area contributed by atoms with Gasteiger partial charge in [-0.15, -0.1) is 12.3 Å². The van der Waals surface area contributed by atoms with Crippen LogP contribution in [0.5, 0.6) is 11.5 Å². The van der Waals surface area contributed by atoms with Crippen LogP contribution in [-0.2, 0) is 25.8 Å². The van der Waals surface area contributed by atoms with Crippen LogP contribution in [0.1, 0.15) is 30.0 Å². The average Bonchev–Trinajstić information content (AvgIpc) is 3.35. The lowest BCUT2D eigenvalue weighted by atomic mass is 9.77. The quantitative estimate of drug-likeness (QED) is 0.325. The van der Waals surface area contributed by atoms with Crippen molar-refractivity contribution in [2.75, 3.05) is 13.7 Å². The number of carboxylic acid groups (broad SMARTS) is 2. The number of methoxy groups -OCH3 is 1. The largest absolute Gasteiger partial charge is 0.493 e. The van der Waals surface area contributed by atoms with Crippen molar-refractivity contribution in [3.63, 3.8) is 0 Å². The van der Waals surface area contributed by atoms with Crippen molar-refractivity contribution in [1.82, 2.24) is 10.2 Å². The molecule has 192 valence electrons. The van der Waals surface area contributed by atoms with Gasteiger partial charge in [0.15, 0.2) is 11.5 Å². The first-order chi connectivity index (χ1) is 17.7. The Bertz CT molecular complexity index is 1270. The number of hydrogen-bond donors (Lipinski definition) is 3. The molecule has 0 radical (unpaired) electrons. The van der Waals surface area contributed by atoms with E-state index in [2.05, 4.69) is 11.2 Å². The van der Waals surface area contributed by atoms with Crippen LogP contribution in [0, 0.1) is 24.2 Å². The van der Waals surface area contributed by atoms with Crippen LogP contribution in [0.25, 0.3) is 0 Å². The number of likely N-dealkylation sites (tertiary alicyclic amines) is 1. The zero-order chi connectivity index (χ0) is 26.7. The maximum Gasteiger partial charge on any atom is 0.325 e. The number of carboxylic acids is 2. The summed E-state index contributed by atoms with van der Waals surface area (Å²) in [6.45, 7) is 0.0571. The Labute approximate surface area is 213 Å². The van der Waals surface area contributed by atoms with E-state index in [9.17, 15) is 29.4 Å². The Morgan fingerprint density at radius 2 is 1.84 bits per heavy atom. The molecule has 2 fully saturated rings. The van der Waals surface area contributed by atoms with Gasteiger partial charge in [0, 0.05) is 24.6 Å². The summed E-state index contributed by atoms with van der Waals surface area (Å²) in [7, 11) is 1.44. The van der Waals surface area contributed by atoms with Crippen LogP contribution < -0.4 is 14.8 Å². The van der Waals surface area contributed by atoms with E-state index in [-0.39, 0.29) is 25.3 Å². The predicted molar refractivity (Wildman–Crippen MR) is 129 cm³/mol. The zero-order valence-electron chi connectivity index (χ0n) is 20.0. The van der Waals surface area contributed by atoms with Gasteiger partial charge in [0.25, 0.3) is 0 Å². The van der Waals surface area contributed by atoms with Gasteiger partial charge in [-0.25, -0.2) is 0 Å². The lowest BCUT2D eigenvalue weighted by Gasteiger charge is -2.30. The SMILES string of the molecule is C#CCCN1C(=O)C2C(c3cccc(OC)c3OCc3ccccc3)NC(CC(=O)O)(C(=O)O)C2C1=O. The molecule has 0 saturated carbocycles. The maximum atomic E-state index is 13.5. The average molecular weight is 507 g/mol. The molecule has 4 unspecified atom stereocenters. The van der Waals surface area contributed by atoms with Gasteiger partial charge in [0.2, 0.25) is 11.8 Å². The monoisotopic (exact) mass is 506 g/mol. The standard InChI is InChI=1S/C27H26N2O8/c1-3-4-13-29-24(32)20-21(25(29)33)27(26(34)35,14-19(30)31)28-22(20)17-11-8-12-18(36-2)23(17)37-15-16-9-6-5-7-10-16/h1,5-12,20-22,28H,4,13-15H2,2H3,(H,30,31)(H,34,35). The molecule has 3 N–H and O–H groups in total. The number of fused-ring (bicyclic) bond motifs is 1. The van der Waals surface area contributed by atoms with E-state index < -0.39 is 53.6 Å². The molecule has 37 heavy (non-hydrogen) atoms. The van der Waals surface area contributed by atoms with Crippen LogP contribution in [-0.4, -0.2) is 58.1 Å². The maximum absolute atomic E-state index is 13.5. The topological polar surface area (TPSA) is 142 Å². The van der Waals surface area contributed by atoms with Crippen molar-refractivity contribution in [2.45, 2.75) is 31.0 Å². The molecule has 10 nitrogen and oxygen atoms in total. The second-order valence-electron chi connectivity index (χ2n) is 8.91. The number of ether oxygens (including phenoxy) is 2. The Kier molecular flexibility index (Phi) is 7.18. The van der Waals surface area contributed by atoms with E-state index in [1.807, 2.05) is 30.3 Å². The van der Waals surface area contributed by atoms with Gasteiger partial charge < -0.3 is 19.7 Å². The molecule has 2 aliphatic heterocycles. The second-order valence-corrected chi connectivity index (χ2v) is 8.91. The molecular formula is C27H26N2O8. The molecule has 2 aromatic carbocycles. The zero-order valence-corrected chi connectivity index (χ0v) is 20.0. The number of carbonyl (C=O) groups excluding carboxylic acids is 2. The number of nitrogens with one attached hydrogen (secondary N) is 1. The fourth-order valence-electron chi connectivity index (χ4n) is 5.22. The van der Waals surface area contributed by atoms with Crippen molar-refractivity contribution in [3.05, 3.63) is 59.7 Å². The van der Waals surface area contributed by atoms with E-state index in [4.69, 9.17) is 15.9 Å². The summed E-state index contributed by atoms with van der Waals surface area (Å²) in [5.41, 5.74) is -0.993. The van der Waals surface area contributed by atoms with E-state index in [1.54, 1.807) is 18.2 Å². The third-order valence-electron chi connectivity index (χ3n) is 6.83. The molecule has 4 rings (SSSR count). The van der Waals surface area contributed by atoms with Crippen LogP contribution in [0.2, 0.25) is 0 Å². The summed E-state index contributed by atoms with van der Waals surface area (Å²) in [6.07, 6.45) is 4.49. The Morgan fingerprint density at radius 3 is 2.46 bits per heavy atom. The third-order valence-corrected chi connectivity index (χ3v) is 6.83. The predicted octanol–water partition coefficient (Wildman–Crippen LogP) is 1.84. The number of nitrogens with zero attached hydrogens (tertiary/aromatic N) is 1. The van der Waals surface area contributed by atoms with Crippen molar-refractivity contribution >= 4 is 23.8 Å². The first-order valence-corrected chi connectivity index (χ1v) is 11.6. The van der Waals surface area contributed by atoms with Gasteiger partial charge in [-0.3, -0.25) is 29.4 Å². The normalized spacial score (nSPS) is 24.4. The van der Waals surface area contributed by atoms with Gasteiger partial charge in [0.1, 0.15) is 12.1 Å². The number of para-hydroxylation sites is 1. The summed E-state index contributed by atoms with van der Waals surface area (Å²) < 4.78 is 11.6. The van der Waals surface area contributed by atoms with E-state index in [0.29, 0.717) is 11.3 Å². The highest BCUT2D eigenvalue weighted by molar-refractivity contribution is 6.10. The van der Waals surface area contributed by atoms with Crippen molar-refractivity contribution < 1.29 is 38.9 Å². The summed E-state index contributed by atoms with van der Waals surface area (Å²) in [6, 6.07) is 13.2. The first kappa shape index (κ1) is 25.7. The highest BCUT2D eigenvalue weighted by atomic mass is 16.5. The molecular weight excluding hydrogens is 480 g/mol. The number of aliphatic carboxylic acids is 2. The molecule has 0 bridgehead atoms. The van der Waals surface area contributed by atoms with Crippen molar-refractivity contribution in [1.29, 1.82) is 0 Å². The van der Waals surface area contributed by atoms with E-state index in [0.717, 1.165) is 10.5 Å². The number of amides is 2. The molecule has 4 atom stereocenters. The number of benzene rings is 2. The molecule has 2 aromatic rings. The molecule has 2 heterocycles. The second kappa shape index (κ2) is 10.3.